The summed E-state index contributed by atoms with van der Waals surface area (Å²) < 4.78 is 21.6. The minimum atomic E-state index is 0.508. The van der Waals surface area contributed by atoms with Gasteiger partial charge in [-0.25, -0.2) is 0 Å². The fourth-order valence-corrected chi connectivity index (χ4v) is 2.94. The van der Waals surface area contributed by atoms with Crippen LogP contribution in [0, 0.1) is 0 Å². The number of guanidine groups is 1. The molecule has 8 nitrogen and oxygen atoms in total. The Hall–Kier alpha value is -2.90. The van der Waals surface area contributed by atoms with Gasteiger partial charge in [0.25, 0.3) is 0 Å². The summed E-state index contributed by atoms with van der Waals surface area (Å²) in [4.78, 5) is 4.29. The fraction of sp³-hybridized carbons (Fsp3) is 0.500. The topological polar surface area (TPSA) is 90.1 Å². The maximum Gasteiger partial charge on any atom is 0.191 e. The normalized spacial score (nSPS) is 11.3. The van der Waals surface area contributed by atoms with Crippen molar-refractivity contribution in [3.63, 3.8) is 0 Å². The molecule has 0 unspecified atom stereocenters. The maximum absolute atomic E-state index is 5.48. The van der Waals surface area contributed by atoms with Crippen molar-refractivity contribution in [2.45, 2.75) is 39.8 Å². The average molecular weight is 390 g/mol. The minimum Gasteiger partial charge on any atom is -0.496 e. The first-order chi connectivity index (χ1) is 13.6. The lowest BCUT2D eigenvalue weighted by atomic mass is 10.1. The van der Waals surface area contributed by atoms with Crippen LogP contribution in [0.2, 0.25) is 0 Å². The monoisotopic (exact) mass is 390 g/mol. The van der Waals surface area contributed by atoms with Gasteiger partial charge in [-0.1, -0.05) is 19.0 Å². The summed E-state index contributed by atoms with van der Waals surface area (Å²) in [5.41, 5.74) is 2.99. The van der Waals surface area contributed by atoms with Crippen molar-refractivity contribution < 1.29 is 18.7 Å². The Balaban J connectivity index is 2.08. The van der Waals surface area contributed by atoms with Crippen LogP contribution in [-0.2, 0) is 25.9 Å². The number of hydrogen-bond donors (Lipinski definition) is 2. The lowest BCUT2D eigenvalue weighted by Gasteiger charge is -2.16. The molecular formula is C20H30N4O4. The Bertz CT molecular complexity index is 780. The molecule has 1 aromatic heterocycles. The van der Waals surface area contributed by atoms with Crippen LogP contribution in [0.5, 0.6) is 17.2 Å². The lowest BCUT2D eigenvalue weighted by Crippen LogP contribution is -2.36. The molecule has 8 heteroatoms. The van der Waals surface area contributed by atoms with Crippen molar-refractivity contribution in [2.24, 2.45) is 4.99 Å². The first-order valence-corrected chi connectivity index (χ1v) is 9.31. The van der Waals surface area contributed by atoms with E-state index in [0.717, 1.165) is 35.4 Å². The molecule has 0 aliphatic carbocycles. The van der Waals surface area contributed by atoms with Crippen molar-refractivity contribution in [3.8, 4) is 17.2 Å². The number of methoxy groups -OCH3 is 3. The minimum absolute atomic E-state index is 0.508. The van der Waals surface area contributed by atoms with Gasteiger partial charge in [-0.2, -0.15) is 0 Å². The van der Waals surface area contributed by atoms with Gasteiger partial charge in [-0.05, 0) is 12.5 Å². The molecule has 0 saturated heterocycles. The Kier molecular flexibility index (Phi) is 7.98. The molecule has 2 aromatic rings. The molecule has 2 N–H and O–H groups in total. The van der Waals surface area contributed by atoms with E-state index in [1.165, 1.54) is 0 Å². The predicted octanol–water partition coefficient (Wildman–Crippen LogP) is 2.69. The number of aromatic nitrogens is 1. The molecule has 0 bridgehead atoms. The van der Waals surface area contributed by atoms with Crippen LogP contribution in [-0.4, -0.2) is 39.5 Å². The third-order valence-electron chi connectivity index (χ3n) is 4.50. The zero-order valence-corrected chi connectivity index (χ0v) is 17.5. The van der Waals surface area contributed by atoms with Crippen LogP contribution >= 0.6 is 0 Å². The van der Waals surface area contributed by atoms with E-state index in [2.05, 4.69) is 34.6 Å². The van der Waals surface area contributed by atoms with Crippen LogP contribution in [0.1, 0.15) is 36.4 Å². The second-order valence-corrected chi connectivity index (χ2v) is 6.04. The molecular weight excluding hydrogens is 360 g/mol. The molecule has 2 rings (SSSR count). The Morgan fingerprint density at radius 2 is 1.61 bits per heavy atom. The summed E-state index contributed by atoms with van der Waals surface area (Å²) in [6, 6.07) is 3.70. The van der Waals surface area contributed by atoms with E-state index in [4.69, 9.17) is 18.7 Å². The summed E-state index contributed by atoms with van der Waals surface area (Å²) in [6.07, 6.45) is 1.63. The van der Waals surface area contributed by atoms with Crippen LogP contribution in [0.15, 0.2) is 21.6 Å². The van der Waals surface area contributed by atoms with Gasteiger partial charge in [0.05, 0.1) is 27.0 Å². The molecule has 0 amide bonds. The van der Waals surface area contributed by atoms with Crippen molar-refractivity contribution in [1.82, 2.24) is 15.8 Å². The number of rotatable bonds is 9. The second-order valence-electron chi connectivity index (χ2n) is 6.04. The molecule has 0 spiro atoms. The molecule has 0 saturated carbocycles. The molecule has 154 valence electrons. The van der Waals surface area contributed by atoms with E-state index in [1.54, 1.807) is 28.4 Å². The number of nitrogens with zero attached hydrogens (tertiary/aromatic N) is 2. The van der Waals surface area contributed by atoms with Crippen LogP contribution in [0.4, 0.5) is 0 Å². The Morgan fingerprint density at radius 1 is 0.964 bits per heavy atom. The molecule has 0 fully saturated rings. The molecule has 0 atom stereocenters. The Labute approximate surface area is 166 Å². The fourth-order valence-electron chi connectivity index (χ4n) is 2.94. The highest BCUT2D eigenvalue weighted by atomic mass is 16.5. The predicted molar refractivity (Wildman–Crippen MR) is 108 cm³/mol. The average Bonchev–Trinajstić information content (AvgIpc) is 3.15. The highest BCUT2D eigenvalue weighted by Gasteiger charge is 2.15. The number of nitrogens with one attached hydrogen (secondary N) is 2. The van der Waals surface area contributed by atoms with Crippen molar-refractivity contribution in [1.29, 1.82) is 0 Å². The molecule has 28 heavy (non-hydrogen) atoms. The summed E-state index contributed by atoms with van der Waals surface area (Å²) in [6.45, 7) is 5.23. The zero-order chi connectivity index (χ0) is 20.5. The molecule has 0 aliphatic heterocycles. The first kappa shape index (κ1) is 21.4. The van der Waals surface area contributed by atoms with Gasteiger partial charge in [0.15, 0.2) is 17.5 Å². The molecule has 0 radical (unpaired) electrons. The van der Waals surface area contributed by atoms with E-state index in [0.29, 0.717) is 36.3 Å². The van der Waals surface area contributed by atoms with Gasteiger partial charge in [0.2, 0.25) is 0 Å². The number of aryl methyl sites for hydroxylation is 2. The third-order valence-corrected chi connectivity index (χ3v) is 4.50. The number of hydrogen-bond acceptors (Lipinski definition) is 6. The smallest absolute Gasteiger partial charge is 0.191 e. The second kappa shape index (κ2) is 10.4. The number of ether oxygens (including phenoxy) is 3. The van der Waals surface area contributed by atoms with Crippen molar-refractivity contribution in [2.75, 3.05) is 28.4 Å². The largest absolute Gasteiger partial charge is 0.496 e. The maximum atomic E-state index is 5.48. The van der Waals surface area contributed by atoms with Gasteiger partial charge < -0.3 is 29.4 Å². The third kappa shape index (κ3) is 4.88. The first-order valence-electron chi connectivity index (χ1n) is 9.31. The van der Waals surface area contributed by atoms with Crippen LogP contribution < -0.4 is 24.8 Å². The quantitative estimate of drug-likeness (QED) is 0.502. The summed E-state index contributed by atoms with van der Waals surface area (Å²) >= 11 is 0. The van der Waals surface area contributed by atoms with Gasteiger partial charge in [-0.3, -0.25) is 4.99 Å². The summed E-state index contributed by atoms with van der Waals surface area (Å²) in [5, 5.41) is 10.8. The van der Waals surface area contributed by atoms with Gasteiger partial charge in [0, 0.05) is 43.8 Å². The molecule has 1 aromatic carbocycles. The van der Waals surface area contributed by atoms with E-state index in [9.17, 15) is 0 Å². The lowest BCUT2D eigenvalue weighted by molar-refractivity contribution is 0.347. The van der Waals surface area contributed by atoms with E-state index < -0.39 is 0 Å². The van der Waals surface area contributed by atoms with Gasteiger partial charge in [-0.15, -0.1) is 0 Å². The van der Waals surface area contributed by atoms with E-state index in [1.807, 2.05) is 12.1 Å². The number of aliphatic imine (C=N–C) groups is 1. The van der Waals surface area contributed by atoms with Crippen LogP contribution in [0.25, 0.3) is 0 Å². The highest BCUT2D eigenvalue weighted by Crippen LogP contribution is 2.34. The highest BCUT2D eigenvalue weighted by molar-refractivity contribution is 5.79. The van der Waals surface area contributed by atoms with Gasteiger partial charge in [0.1, 0.15) is 11.5 Å². The van der Waals surface area contributed by atoms with Crippen molar-refractivity contribution in [3.05, 3.63) is 34.7 Å². The molecule has 0 aliphatic rings. The van der Waals surface area contributed by atoms with E-state index in [-0.39, 0.29) is 0 Å². The Morgan fingerprint density at radius 3 is 2.18 bits per heavy atom. The molecule has 1 heterocycles. The van der Waals surface area contributed by atoms with Crippen molar-refractivity contribution >= 4 is 5.96 Å². The summed E-state index contributed by atoms with van der Waals surface area (Å²) in [5.74, 6) is 3.55. The SMILES string of the molecule is CCc1noc(CC)c1CNC(=NC)NCc1cc(OC)c(OC)cc1OC. The van der Waals surface area contributed by atoms with E-state index >= 15 is 0 Å². The standard InChI is InChI=1S/C20H30N4O4/c1-7-15-14(16(8-2)28-24-15)12-23-20(21-3)22-11-13-9-18(26-5)19(27-6)10-17(13)25-4/h9-10H,7-8,11-12H2,1-6H3,(H2,21,22,23). The number of benzene rings is 1. The van der Waals surface area contributed by atoms with Gasteiger partial charge >= 0.3 is 0 Å². The zero-order valence-electron chi connectivity index (χ0n) is 17.5. The summed E-state index contributed by atoms with van der Waals surface area (Å²) in [7, 11) is 6.57. The van der Waals surface area contributed by atoms with Crippen LogP contribution in [0.3, 0.4) is 0 Å².